The molecule has 0 amide bonds. The molecule has 1 aromatic heterocycles. The quantitative estimate of drug-likeness (QED) is 0.729. The van der Waals surface area contributed by atoms with Crippen LogP contribution in [0.5, 0.6) is 5.75 Å². The number of hydrogen-bond donors (Lipinski definition) is 0. The number of aromatic nitrogens is 2. The van der Waals surface area contributed by atoms with Crippen molar-refractivity contribution in [2.45, 2.75) is 25.7 Å². The van der Waals surface area contributed by atoms with Crippen LogP contribution < -0.4 is 4.74 Å². The maximum atomic E-state index is 14.3. The molecule has 1 aromatic carbocycles. The molecule has 1 heterocycles. The Morgan fingerprint density at radius 2 is 2.00 bits per heavy atom. The van der Waals surface area contributed by atoms with E-state index in [2.05, 4.69) is 5.10 Å². The van der Waals surface area contributed by atoms with Crippen LogP contribution in [-0.2, 0) is 12.8 Å². The van der Waals surface area contributed by atoms with Crippen LogP contribution in [0.3, 0.4) is 0 Å². The molecular weight excluding hydrogens is 350 g/mol. The molecule has 0 saturated heterocycles. The Kier molecular flexibility index (Phi) is 4.81. The third kappa shape index (κ3) is 2.92. The van der Waals surface area contributed by atoms with Gasteiger partial charge in [0.1, 0.15) is 23.2 Å². The van der Waals surface area contributed by atoms with Gasteiger partial charge < -0.3 is 4.74 Å². The summed E-state index contributed by atoms with van der Waals surface area (Å²) < 4.78 is 21.2. The van der Waals surface area contributed by atoms with Gasteiger partial charge in [0, 0.05) is 11.6 Å². The van der Waals surface area contributed by atoms with Crippen molar-refractivity contribution in [3.05, 3.63) is 39.4 Å². The molecule has 118 valence electrons. The van der Waals surface area contributed by atoms with Gasteiger partial charge >= 0.3 is 0 Å². The first-order valence-electron chi connectivity index (χ1n) is 7.06. The van der Waals surface area contributed by atoms with Crippen LogP contribution in [0.2, 0.25) is 10.2 Å². The maximum absolute atomic E-state index is 14.3. The Hall–Kier alpha value is -0.970. The molecular formula is C15H14Cl3FN2O. The third-order valence-corrected chi connectivity index (χ3v) is 4.50. The van der Waals surface area contributed by atoms with Gasteiger partial charge in [0.05, 0.1) is 16.6 Å². The molecule has 7 heteroatoms. The largest absolute Gasteiger partial charge is 0.491 e. The topological polar surface area (TPSA) is 27.1 Å². The summed E-state index contributed by atoms with van der Waals surface area (Å²) in [4.78, 5) is 0. The van der Waals surface area contributed by atoms with Crippen molar-refractivity contribution in [3.8, 4) is 11.4 Å². The van der Waals surface area contributed by atoms with Crippen molar-refractivity contribution < 1.29 is 9.13 Å². The second kappa shape index (κ2) is 6.65. The maximum Gasteiger partial charge on any atom is 0.150 e. The molecule has 3 rings (SSSR count). The molecule has 2 aromatic rings. The summed E-state index contributed by atoms with van der Waals surface area (Å²) >= 11 is 18.0. The van der Waals surface area contributed by atoms with Crippen molar-refractivity contribution in [2.75, 3.05) is 12.5 Å². The second-order valence-electron chi connectivity index (χ2n) is 5.11. The summed E-state index contributed by atoms with van der Waals surface area (Å²) in [6.45, 7) is 0.287. The number of benzene rings is 1. The highest BCUT2D eigenvalue weighted by molar-refractivity contribution is 6.32. The summed E-state index contributed by atoms with van der Waals surface area (Å²) in [7, 11) is 0. The lowest BCUT2D eigenvalue weighted by Crippen LogP contribution is -2.04. The summed E-state index contributed by atoms with van der Waals surface area (Å²) in [5, 5.41) is 5.10. The highest BCUT2D eigenvalue weighted by Crippen LogP contribution is 2.34. The van der Waals surface area contributed by atoms with Crippen LogP contribution in [0.15, 0.2) is 12.1 Å². The fraction of sp³-hybridized carbons (Fsp3) is 0.400. The molecule has 0 unspecified atom stereocenters. The molecule has 1 aliphatic rings. The van der Waals surface area contributed by atoms with Gasteiger partial charge in [0.25, 0.3) is 0 Å². The third-order valence-electron chi connectivity index (χ3n) is 3.66. The predicted octanol–water partition coefficient (Wildman–Crippen LogP) is 4.81. The monoisotopic (exact) mass is 362 g/mol. The van der Waals surface area contributed by atoms with Crippen LogP contribution in [0.1, 0.15) is 24.1 Å². The Balaban J connectivity index is 2.06. The number of fused-ring (bicyclic) bond motifs is 1. The summed E-state index contributed by atoms with van der Waals surface area (Å²) in [5.41, 5.74) is 2.17. The smallest absolute Gasteiger partial charge is 0.150 e. The molecule has 0 bridgehead atoms. The molecule has 0 fully saturated rings. The van der Waals surface area contributed by atoms with Crippen molar-refractivity contribution >= 4 is 34.8 Å². The minimum Gasteiger partial charge on any atom is -0.491 e. The van der Waals surface area contributed by atoms with E-state index in [4.69, 9.17) is 39.5 Å². The van der Waals surface area contributed by atoms with Gasteiger partial charge in [0.15, 0.2) is 5.82 Å². The summed E-state index contributed by atoms with van der Waals surface area (Å²) in [6, 6.07) is 2.71. The first-order chi connectivity index (χ1) is 10.6. The SMILES string of the molecule is Fc1cc(Cl)c(OCCCl)cc1-n1nc2c(c1Cl)CCCC2. The van der Waals surface area contributed by atoms with Gasteiger partial charge in [-0.1, -0.05) is 23.2 Å². The normalized spacial score (nSPS) is 14.0. The fourth-order valence-corrected chi connectivity index (χ4v) is 3.23. The molecule has 0 radical (unpaired) electrons. The zero-order valence-electron chi connectivity index (χ0n) is 11.7. The lowest BCUT2D eigenvalue weighted by molar-refractivity contribution is 0.342. The molecule has 3 nitrogen and oxygen atoms in total. The van der Waals surface area contributed by atoms with E-state index in [1.807, 2.05) is 0 Å². The van der Waals surface area contributed by atoms with E-state index in [1.165, 1.54) is 16.8 Å². The number of nitrogens with zero attached hydrogens (tertiary/aromatic N) is 2. The number of rotatable bonds is 4. The number of alkyl halides is 1. The fourth-order valence-electron chi connectivity index (χ4n) is 2.61. The Labute approximate surface area is 142 Å². The molecule has 22 heavy (non-hydrogen) atoms. The highest BCUT2D eigenvalue weighted by Gasteiger charge is 2.22. The second-order valence-corrected chi connectivity index (χ2v) is 6.25. The lowest BCUT2D eigenvalue weighted by Gasteiger charge is -2.11. The lowest BCUT2D eigenvalue weighted by atomic mass is 9.99. The van der Waals surface area contributed by atoms with Crippen molar-refractivity contribution in [3.63, 3.8) is 0 Å². The van der Waals surface area contributed by atoms with E-state index in [0.717, 1.165) is 36.9 Å². The average molecular weight is 364 g/mol. The van der Waals surface area contributed by atoms with Crippen molar-refractivity contribution in [1.29, 1.82) is 0 Å². The van der Waals surface area contributed by atoms with Crippen LogP contribution in [-0.4, -0.2) is 22.3 Å². The van der Waals surface area contributed by atoms with Crippen LogP contribution >= 0.6 is 34.8 Å². The molecule has 0 atom stereocenters. The average Bonchev–Trinajstić information content (AvgIpc) is 2.84. The summed E-state index contributed by atoms with van der Waals surface area (Å²) in [6.07, 6.45) is 3.89. The first-order valence-corrected chi connectivity index (χ1v) is 8.35. The van der Waals surface area contributed by atoms with Crippen LogP contribution in [0.4, 0.5) is 4.39 Å². The first kappa shape index (κ1) is 15.9. The predicted molar refractivity (Wildman–Crippen MR) is 86.4 cm³/mol. The van der Waals surface area contributed by atoms with Gasteiger partial charge in [-0.3, -0.25) is 0 Å². The van der Waals surface area contributed by atoms with E-state index in [-0.39, 0.29) is 17.3 Å². The van der Waals surface area contributed by atoms with E-state index < -0.39 is 5.82 Å². The van der Waals surface area contributed by atoms with Crippen molar-refractivity contribution in [2.24, 2.45) is 0 Å². The standard InChI is InChI=1S/C15H14Cl3FN2O/c16-5-6-22-14-8-13(11(19)7-10(14)17)21-15(18)9-3-1-2-4-12(9)20-21/h7-8H,1-6H2. The van der Waals surface area contributed by atoms with E-state index >= 15 is 0 Å². The Bertz CT molecular complexity index is 703. The zero-order valence-corrected chi connectivity index (χ0v) is 14.0. The van der Waals surface area contributed by atoms with Crippen LogP contribution in [0, 0.1) is 5.82 Å². The van der Waals surface area contributed by atoms with Gasteiger partial charge in [-0.15, -0.1) is 11.6 Å². The van der Waals surface area contributed by atoms with Gasteiger partial charge in [-0.25, -0.2) is 9.07 Å². The van der Waals surface area contributed by atoms with Gasteiger partial charge in [0.2, 0.25) is 0 Å². The zero-order chi connectivity index (χ0) is 15.7. The minimum atomic E-state index is -0.495. The number of ether oxygens (including phenoxy) is 1. The van der Waals surface area contributed by atoms with E-state index in [0.29, 0.717) is 16.8 Å². The Morgan fingerprint density at radius 1 is 1.23 bits per heavy atom. The molecule has 1 aliphatic carbocycles. The molecule has 0 aliphatic heterocycles. The number of aryl methyl sites for hydroxylation is 1. The highest BCUT2D eigenvalue weighted by atomic mass is 35.5. The number of hydrogen-bond acceptors (Lipinski definition) is 2. The van der Waals surface area contributed by atoms with Crippen molar-refractivity contribution in [1.82, 2.24) is 9.78 Å². The molecule has 0 N–H and O–H groups in total. The van der Waals surface area contributed by atoms with Gasteiger partial charge in [-0.2, -0.15) is 5.10 Å². The van der Waals surface area contributed by atoms with Gasteiger partial charge in [-0.05, 0) is 31.7 Å². The van der Waals surface area contributed by atoms with Crippen LogP contribution in [0.25, 0.3) is 5.69 Å². The molecule has 0 spiro atoms. The Morgan fingerprint density at radius 3 is 2.73 bits per heavy atom. The summed E-state index contributed by atoms with van der Waals surface area (Å²) in [5.74, 6) is 0.188. The minimum absolute atomic E-state index is 0.194. The van der Waals surface area contributed by atoms with E-state index in [1.54, 1.807) is 0 Å². The van der Waals surface area contributed by atoms with E-state index in [9.17, 15) is 4.39 Å². The molecule has 0 saturated carbocycles. The number of halogens is 4.